The molecule has 0 aliphatic carbocycles. The number of nitrogens with zero attached hydrogens (tertiary/aromatic N) is 16. The second-order valence-corrected chi connectivity index (χ2v) is 31.8. The molecule has 14 aromatic rings. The smallest absolute Gasteiger partial charge is 0.260 e. The first kappa shape index (κ1) is 99.3. The highest BCUT2D eigenvalue weighted by Crippen LogP contribution is 2.16. The molecular formula is C92H128N16O2S2. The molecule has 600 valence electrons. The van der Waals surface area contributed by atoms with Crippen LogP contribution in [0.25, 0.3) is 65.4 Å². The summed E-state index contributed by atoms with van der Waals surface area (Å²) in [7, 11) is 1.70. The van der Waals surface area contributed by atoms with E-state index in [1.165, 1.54) is 50.3 Å². The number of para-hydroxylation sites is 5. The Hall–Kier alpha value is -10.7. The summed E-state index contributed by atoms with van der Waals surface area (Å²) in [5.41, 5.74) is 10.1. The third-order valence-electron chi connectivity index (χ3n) is 11.2. The molecule has 11 heterocycles. The summed E-state index contributed by atoms with van der Waals surface area (Å²) in [4.78, 5) is 61.3. The Kier molecular flexibility index (Phi) is 53.3. The summed E-state index contributed by atoms with van der Waals surface area (Å²) in [6.07, 6.45) is 26.8. The molecule has 2 aliphatic heterocycles. The van der Waals surface area contributed by atoms with Crippen LogP contribution in [-0.2, 0) is 7.05 Å². The molecular weight excluding hydrogens is 1430 g/mol. The maximum absolute atomic E-state index is 11.5. The monoisotopic (exact) mass is 1550 g/mol. The quantitative estimate of drug-likeness (QED) is 0.139. The van der Waals surface area contributed by atoms with E-state index in [0.29, 0.717) is 11.0 Å². The van der Waals surface area contributed by atoms with Crippen molar-refractivity contribution in [3.63, 3.8) is 0 Å². The van der Waals surface area contributed by atoms with Gasteiger partial charge in [-0.25, -0.2) is 39.4 Å². The molecule has 16 rings (SSSR count). The Morgan fingerprint density at radius 3 is 1.40 bits per heavy atom. The number of pyridine rings is 2. The molecule has 0 atom stereocenters. The highest BCUT2D eigenvalue weighted by atomic mass is 32.1. The average molecular weight is 1550 g/mol. The zero-order valence-corrected chi connectivity index (χ0v) is 73.1. The molecule has 0 N–H and O–H groups in total. The van der Waals surface area contributed by atoms with Crippen LogP contribution in [0.1, 0.15) is 166 Å². The van der Waals surface area contributed by atoms with Crippen LogP contribution >= 0.6 is 23.1 Å². The lowest BCUT2D eigenvalue weighted by Gasteiger charge is -2.22. The summed E-state index contributed by atoms with van der Waals surface area (Å²) in [5, 5.41) is 5.68. The van der Waals surface area contributed by atoms with Gasteiger partial charge in [-0.2, -0.15) is 13.8 Å². The lowest BCUT2D eigenvalue weighted by Crippen LogP contribution is -2.27. The minimum atomic E-state index is -0.0457. The van der Waals surface area contributed by atoms with E-state index < -0.39 is 0 Å². The van der Waals surface area contributed by atoms with E-state index >= 15 is 0 Å². The number of amidine groups is 1. The SMILES string of the molecule is C1=CC2=NC=CCN2C=C1.CC(C)C.CC(C)C.CC(C)C.CC(C)C.CC(C)C.CC(C)C.CC(C)C.CC(C)C.Cn1cnc2ccccc2c1=O.O=c1ccnc2ccccn12.c1ccc2nccnc2c1.c1ccc2ncncc2c1.c1ccc2nsnc2c1.c1ccc2scnc2c1.c1ccn2ncnc2c1. The molecule has 112 heavy (non-hydrogen) atoms. The normalized spacial score (nSPS) is 10.8. The molecule has 0 bridgehead atoms. The van der Waals surface area contributed by atoms with Crippen LogP contribution in [0.15, 0.2) is 277 Å². The Balaban J connectivity index is 0.000000608. The molecule has 0 amide bonds. The van der Waals surface area contributed by atoms with Gasteiger partial charge in [-0.15, -0.1) is 11.3 Å². The van der Waals surface area contributed by atoms with Crippen molar-refractivity contribution in [1.82, 2.24) is 72.1 Å². The number of hydrogen-bond acceptors (Lipinski definition) is 17. The number of benzene rings is 5. The third kappa shape index (κ3) is 49.4. The van der Waals surface area contributed by atoms with Gasteiger partial charge in [0.1, 0.15) is 35.2 Å². The van der Waals surface area contributed by atoms with Gasteiger partial charge in [0, 0.05) is 74.6 Å². The Morgan fingerprint density at radius 2 is 0.884 bits per heavy atom. The first-order valence-corrected chi connectivity index (χ1v) is 40.1. The van der Waals surface area contributed by atoms with Gasteiger partial charge < -0.3 is 9.47 Å². The highest BCUT2D eigenvalue weighted by Gasteiger charge is 2.07. The van der Waals surface area contributed by atoms with Crippen LogP contribution < -0.4 is 11.1 Å². The third-order valence-corrected chi connectivity index (χ3v) is 12.6. The van der Waals surface area contributed by atoms with Crippen LogP contribution in [0, 0.1) is 47.3 Å². The molecule has 0 saturated heterocycles. The lowest BCUT2D eigenvalue weighted by molar-refractivity contribution is 0.614. The molecule has 9 aromatic heterocycles. The Bertz CT molecular complexity index is 4400. The van der Waals surface area contributed by atoms with Gasteiger partial charge in [-0.05, 0) is 144 Å². The van der Waals surface area contributed by atoms with E-state index in [-0.39, 0.29) is 11.1 Å². The fourth-order valence-electron chi connectivity index (χ4n) is 7.30. The van der Waals surface area contributed by atoms with Gasteiger partial charge in [0.05, 0.1) is 61.2 Å². The van der Waals surface area contributed by atoms with Crippen LogP contribution in [-0.4, -0.2) is 84.5 Å². The van der Waals surface area contributed by atoms with Gasteiger partial charge >= 0.3 is 0 Å². The average Bonchev–Trinajstić information content (AvgIpc) is 0.886. The lowest BCUT2D eigenvalue weighted by atomic mass is 10.2. The van der Waals surface area contributed by atoms with Crippen molar-refractivity contribution in [2.45, 2.75) is 166 Å². The molecule has 5 aromatic carbocycles. The molecule has 0 fully saturated rings. The van der Waals surface area contributed by atoms with E-state index in [1.807, 2.05) is 188 Å². The summed E-state index contributed by atoms with van der Waals surface area (Å²) >= 11 is 2.93. The van der Waals surface area contributed by atoms with Crippen molar-refractivity contribution in [2.75, 3.05) is 6.54 Å². The molecule has 0 radical (unpaired) electrons. The zero-order chi connectivity index (χ0) is 83.6. The van der Waals surface area contributed by atoms with Gasteiger partial charge in [0.2, 0.25) is 0 Å². The van der Waals surface area contributed by atoms with Crippen LogP contribution in [0.2, 0.25) is 0 Å². The Labute approximate surface area is 677 Å². The largest absolute Gasteiger partial charge is 0.329 e. The fraction of sp³-hybridized carbons (Fsp3) is 0.370. The van der Waals surface area contributed by atoms with Gasteiger partial charge in [0.15, 0.2) is 5.65 Å². The number of aliphatic imine (C=N–C) groups is 1. The van der Waals surface area contributed by atoms with Crippen LogP contribution in [0.3, 0.4) is 0 Å². The van der Waals surface area contributed by atoms with Crippen molar-refractivity contribution in [2.24, 2.45) is 59.4 Å². The second-order valence-electron chi connectivity index (χ2n) is 30.4. The van der Waals surface area contributed by atoms with E-state index in [2.05, 4.69) is 236 Å². The summed E-state index contributed by atoms with van der Waals surface area (Å²) < 4.78 is 14.1. The molecule has 18 nitrogen and oxygen atoms in total. The maximum Gasteiger partial charge on any atom is 0.260 e. The molecule has 2 aliphatic rings. The number of aryl methyl sites for hydroxylation is 1. The van der Waals surface area contributed by atoms with Crippen LogP contribution in [0.4, 0.5) is 0 Å². The van der Waals surface area contributed by atoms with Gasteiger partial charge in [-0.1, -0.05) is 251 Å². The predicted octanol–water partition coefficient (Wildman–Crippen LogP) is 24.2. The van der Waals surface area contributed by atoms with Crippen molar-refractivity contribution in [3.05, 3.63) is 283 Å². The predicted molar refractivity (Wildman–Crippen MR) is 483 cm³/mol. The van der Waals surface area contributed by atoms with Gasteiger partial charge in [0.25, 0.3) is 11.1 Å². The minimum absolute atomic E-state index is 0.000556. The van der Waals surface area contributed by atoms with E-state index in [1.54, 1.807) is 66.0 Å². The molecule has 20 heteroatoms. The second kappa shape index (κ2) is 60.1. The number of thiazole rings is 1. The molecule has 0 spiro atoms. The van der Waals surface area contributed by atoms with Gasteiger partial charge in [-0.3, -0.25) is 24.0 Å². The zero-order valence-electron chi connectivity index (χ0n) is 71.4. The highest BCUT2D eigenvalue weighted by molar-refractivity contribution is 7.16. The van der Waals surface area contributed by atoms with Crippen molar-refractivity contribution in [1.29, 1.82) is 0 Å². The summed E-state index contributed by atoms with van der Waals surface area (Å²) in [5.74, 6) is 7.70. The maximum atomic E-state index is 11.5. The van der Waals surface area contributed by atoms with Crippen molar-refractivity contribution in [3.8, 4) is 0 Å². The number of fused-ring (bicyclic) bond motifs is 8. The number of rotatable bonds is 0. The van der Waals surface area contributed by atoms with Crippen molar-refractivity contribution >= 4 is 94.3 Å². The standard InChI is InChI=1S/C9H8N2O.C8H6N2O.C8H8N2.2C8H6N2.C7H5NS.C6H5N3.C6H4N2S.8C4H10/c1-11-6-10-8-5-3-2-4-7(8)9(11)12;11-8-4-5-9-7-3-1-2-6-10(7)8;1-2-6-10-7-3-5-9-8(10)4-1;1-2-4-8-7(3-1)5-9-6-10-8;1-2-4-8-7(3-1)9-5-6-10-8;1-2-4-7-6(3-1)8-5-9-7;1-2-4-9-6(3-1)7-5-8-9;1-2-4-6-5(3-1)7-9-8-6;8*1-4(2)3/h2-6H,1H3;1-6H;1-6H,7H2;2*1-6H;2*1-5H;1-4H;8*4H,1-3H3. The first-order chi connectivity index (χ1) is 53.3. The topological polar surface area (TPSA) is 205 Å². The number of allylic oxidation sites excluding steroid dienone is 2. The minimum Gasteiger partial charge on any atom is -0.329 e. The summed E-state index contributed by atoms with van der Waals surface area (Å²) in [6.45, 7) is 52.9. The molecule has 0 unspecified atom stereocenters. The van der Waals surface area contributed by atoms with E-state index in [0.717, 1.165) is 109 Å². The van der Waals surface area contributed by atoms with E-state index in [9.17, 15) is 9.59 Å². The van der Waals surface area contributed by atoms with E-state index in [4.69, 9.17) is 0 Å². The summed E-state index contributed by atoms with van der Waals surface area (Å²) in [6, 6.07) is 51.6. The first-order valence-electron chi connectivity index (χ1n) is 38.5. The van der Waals surface area contributed by atoms with Crippen LogP contribution in [0.5, 0.6) is 0 Å². The molecule has 0 saturated carbocycles. The number of hydrogen-bond donors (Lipinski definition) is 0. The fourth-order valence-corrected chi connectivity index (χ4v) is 8.50. The van der Waals surface area contributed by atoms with Crippen molar-refractivity contribution < 1.29 is 0 Å². The number of aromatic nitrogens is 14. The Morgan fingerprint density at radius 1 is 0.411 bits per heavy atom.